The zero-order valence-corrected chi connectivity index (χ0v) is 20.8. The molecule has 0 spiro atoms. The SMILES string of the molecule is O=C1CN(Cc2ccccc2)Cc2cc(CCC(=O)N3CCNC(=O)C3)ccc2OCCCCCN1. The topological polar surface area (TPSA) is 91.0 Å². The summed E-state index contributed by atoms with van der Waals surface area (Å²) in [4.78, 5) is 40.7. The van der Waals surface area contributed by atoms with Crippen LogP contribution in [0.5, 0.6) is 5.75 Å². The molecule has 0 unspecified atom stereocenters. The number of piperazine rings is 1. The molecule has 0 atom stereocenters. The highest BCUT2D eigenvalue weighted by atomic mass is 16.5. The summed E-state index contributed by atoms with van der Waals surface area (Å²) in [6.07, 6.45) is 3.81. The number of fused-ring (bicyclic) bond motifs is 1. The first kappa shape index (κ1) is 25.7. The highest BCUT2D eigenvalue weighted by Crippen LogP contribution is 2.24. The van der Waals surface area contributed by atoms with Crippen LogP contribution in [0.4, 0.5) is 0 Å². The lowest BCUT2D eigenvalue weighted by atomic mass is 10.0. The number of benzene rings is 2. The second-order valence-electron chi connectivity index (χ2n) is 9.50. The molecule has 0 saturated carbocycles. The Hall–Kier alpha value is -3.39. The van der Waals surface area contributed by atoms with E-state index in [2.05, 4.69) is 33.7 Å². The molecule has 0 bridgehead atoms. The maximum absolute atomic E-state index is 12.7. The summed E-state index contributed by atoms with van der Waals surface area (Å²) in [5.41, 5.74) is 3.20. The van der Waals surface area contributed by atoms with E-state index < -0.39 is 0 Å². The van der Waals surface area contributed by atoms with Crippen molar-refractivity contribution < 1.29 is 19.1 Å². The van der Waals surface area contributed by atoms with Crippen LogP contribution in [0.1, 0.15) is 42.4 Å². The first-order valence-corrected chi connectivity index (χ1v) is 12.9. The molecule has 2 aliphatic heterocycles. The third kappa shape index (κ3) is 7.81. The summed E-state index contributed by atoms with van der Waals surface area (Å²) in [6.45, 7) is 4.02. The molecular formula is C28H36N4O4. The molecule has 0 aliphatic carbocycles. The summed E-state index contributed by atoms with van der Waals surface area (Å²) in [5, 5.41) is 5.80. The first-order chi connectivity index (χ1) is 17.6. The Morgan fingerprint density at radius 3 is 2.50 bits per heavy atom. The van der Waals surface area contributed by atoms with Crippen molar-refractivity contribution in [1.29, 1.82) is 0 Å². The molecule has 4 rings (SSSR count). The van der Waals surface area contributed by atoms with Gasteiger partial charge in [0, 0.05) is 44.7 Å². The van der Waals surface area contributed by atoms with Crippen molar-refractivity contribution in [3.8, 4) is 5.75 Å². The van der Waals surface area contributed by atoms with Crippen molar-refractivity contribution in [2.75, 3.05) is 39.3 Å². The molecule has 2 aromatic rings. The Labute approximate surface area is 213 Å². The van der Waals surface area contributed by atoms with Gasteiger partial charge in [-0.3, -0.25) is 19.3 Å². The fourth-order valence-corrected chi connectivity index (χ4v) is 4.64. The van der Waals surface area contributed by atoms with Gasteiger partial charge in [0.2, 0.25) is 17.7 Å². The minimum Gasteiger partial charge on any atom is -0.493 e. The fourth-order valence-electron chi connectivity index (χ4n) is 4.64. The van der Waals surface area contributed by atoms with Crippen molar-refractivity contribution >= 4 is 17.7 Å². The van der Waals surface area contributed by atoms with Gasteiger partial charge in [-0.25, -0.2) is 0 Å². The van der Waals surface area contributed by atoms with Gasteiger partial charge in [-0.05, 0) is 42.9 Å². The molecular weight excluding hydrogens is 456 g/mol. The van der Waals surface area contributed by atoms with Crippen molar-refractivity contribution in [2.24, 2.45) is 0 Å². The molecule has 192 valence electrons. The monoisotopic (exact) mass is 492 g/mol. The predicted molar refractivity (Wildman–Crippen MR) is 137 cm³/mol. The van der Waals surface area contributed by atoms with Crippen molar-refractivity contribution in [2.45, 2.75) is 45.2 Å². The molecule has 0 aromatic heterocycles. The number of hydrogen-bond acceptors (Lipinski definition) is 5. The number of nitrogens with zero attached hydrogens (tertiary/aromatic N) is 2. The lowest BCUT2D eigenvalue weighted by Crippen LogP contribution is -2.50. The summed E-state index contributed by atoms with van der Waals surface area (Å²) in [6, 6.07) is 16.2. The quantitative estimate of drug-likeness (QED) is 0.668. The van der Waals surface area contributed by atoms with Crippen LogP contribution >= 0.6 is 0 Å². The fraction of sp³-hybridized carbons (Fsp3) is 0.464. The van der Waals surface area contributed by atoms with Gasteiger partial charge < -0.3 is 20.3 Å². The van der Waals surface area contributed by atoms with Gasteiger partial charge in [0.05, 0.1) is 19.7 Å². The third-order valence-electron chi connectivity index (χ3n) is 6.55. The summed E-state index contributed by atoms with van der Waals surface area (Å²) >= 11 is 0. The molecule has 2 aliphatic rings. The average molecular weight is 493 g/mol. The van der Waals surface area contributed by atoms with E-state index in [0.717, 1.165) is 41.7 Å². The van der Waals surface area contributed by atoms with Gasteiger partial charge in [-0.15, -0.1) is 0 Å². The van der Waals surface area contributed by atoms with E-state index in [0.29, 0.717) is 58.7 Å². The smallest absolute Gasteiger partial charge is 0.239 e. The van der Waals surface area contributed by atoms with Gasteiger partial charge in [0.15, 0.2) is 0 Å². The second-order valence-corrected chi connectivity index (χ2v) is 9.50. The Balaban J connectivity index is 1.50. The van der Waals surface area contributed by atoms with Gasteiger partial charge in [0.25, 0.3) is 0 Å². The molecule has 2 N–H and O–H groups in total. The molecule has 36 heavy (non-hydrogen) atoms. The van der Waals surface area contributed by atoms with Crippen LogP contribution in [0.15, 0.2) is 48.5 Å². The zero-order valence-electron chi connectivity index (χ0n) is 20.8. The van der Waals surface area contributed by atoms with E-state index in [-0.39, 0.29) is 24.3 Å². The van der Waals surface area contributed by atoms with Gasteiger partial charge in [-0.1, -0.05) is 42.5 Å². The van der Waals surface area contributed by atoms with Crippen LogP contribution in [-0.4, -0.2) is 66.9 Å². The number of ether oxygens (including phenoxy) is 1. The number of rotatable bonds is 5. The Morgan fingerprint density at radius 1 is 0.861 bits per heavy atom. The number of hydrogen-bond donors (Lipinski definition) is 2. The summed E-state index contributed by atoms with van der Waals surface area (Å²) in [5.74, 6) is 0.743. The first-order valence-electron chi connectivity index (χ1n) is 12.9. The van der Waals surface area contributed by atoms with Crippen molar-refractivity contribution in [3.63, 3.8) is 0 Å². The average Bonchev–Trinajstić information content (AvgIpc) is 2.89. The molecule has 2 heterocycles. The minimum absolute atomic E-state index is 0.00695. The van der Waals surface area contributed by atoms with E-state index >= 15 is 0 Å². The molecule has 2 aromatic carbocycles. The standard InChI is InChI=1S/C28H36N4O4/c33-26-20-31(18-23-7-3-1-4-8-23)19-24-17-22(9-11-25(24)36-16-6-2-5-13-29-26)10-12-28(35)32-15-14-30-27(34)21-32/h1,3-4,7-9,11,17H,2,5-6,10,12-16,18-21H2,(H,29,33)(H,30,34). The second kappa shape index (κ2) is 13.1. The van der Waals surface area contributed by atoms with Gasteiger partial charge >= 0.3 is 0 Å². The van der Waals surface area contributed by atoms with E-state index in [1.54, 1.807) is 4.90 Å². The van der Waals surface area contributed by atoms with E-state index in [4.69, 9.17) is 4.74 Å². The van der Waals surface area contributed by atoms with Crippen molar-refractivity contribution in [1.82, 2.24) is 20.4 Å². The van der Waals surface area contributed by atoms with Crippen LogP contribution in [0.25, 0.3) is 0 Å². The minimum atomic E-state index is -0.107. The largest absolute Gasteiger partial charge is 0.493 e. The summed E-state index contributed by atoms with van der Waals surface area (Å²) in [7, 11) is 0. The number of carbonyl (C=O) groups excluding carboxylic acids is 3. The lowest BCUT2D eigenvalue weighted by Gasteiger charge is -2.26. The molecule has 1 fully saturated rings. The maximum Gasteiger partial charge on any atom is 0.239 e. The maximum atomic E-state index is 12.7. The van der Waals surface area contributed by atoms with Gasteiger partial charge in [0.1, 0.15) is 5.75 Å². The molecule has 8 nitrogen and oxygen atoms in total. The van der Waals surface area contributed by atoms with Crippen LogP contribution in [-0.2, 0) is 33.9 Å². The Morgan fingerprint density at radius 2 is 1.67 bits per heavy atom. The van der Waals surface area contributed by atoms with Crippen LogP contribution < -0.4 is 15.4 Å². The van der Waals surface area contributed by atoms with E-state index in [9.17, 15) is 14.4 Å². The summed E-state index contributed by atoms with van der Waals surface area (Å²) < 4.78 is 6.16. The number of nitrogens with one attached hydrogen (secondary N) is 2. The molecule has 8 heteroatoms. The van der Waals surface area contributed by atoms with Crippen LogP contribution in [0.3, 0.4) is 0 Å². The van der Waals surface area contributed by atoms with E-state index in [1.165, 1.54) is 0 Å². The highest BCUT2D eigenvalue weighted by molar-refractivity contribution is 5.86. The van der Waals surface area contributed by atoms with Crippen LogP contribution in [0.2, 0.25) is 0 Å². The zero-order chi connectivity index (χ0) is 25.2. The molecule has 3 amide bonds. The molecule has 0 radical (unpaired) electrons. The Kier molecular flexibility index (Phi) is 9.33. The van der Waals surface area contributed by atoms with Crippen LogP contribution in [0, 0.1) is 0 Å². The van der Waals surface area contributed by atoms with E-state index in [1.807, 2.05) is 30.3 Å². The lowest BCUT2D eigenvalue weighted by molar-refractivity contribution is -0.138. The number of amides is 3. The third-order valence-corrected chi connectivity index (χ3v) is 6.55. The molecule has 1 saturated heterocycles. The number of carbonyl (C=O) groups is 3. The number of aryl methyl sites for hydroxylation is 1. The van der Waals surface area contributed by atoms with Crippen molar-refractivity contribution in [3.05, 3.63) is 65.2 Å². The normalized spacial score (nSPS) is 17.9. The highest BCUT2D eigenvalue weighted by Gasteiger charge is 2.21. The predicted octanol–water partition coefficient (Wildman–Crippen LogP) is 2.26. The van der Waals surface area contributed by atoms with Gasteiger partial charge in [-0.2, -0.15) is 0 Å². The Bertz CT molecular complexity index is 1040.